The van der Waals surface area contributed by atoms with Gasteiger partial charge in [-0.25, -0.2) is 8.78 Å². The molecule has 0 bridgehead atoms. The lowest BCUT2D eigenvalue weighted by atomic mass is 10.0. The summed E-state index contributed by atoms with van der Waals surface area (Å²) in [6.45, 7) is 7.22. The Morgan fingerprint density at radius 3 is 2.33 bits per heavy atom. The first-order valence-electron chi connectivity index (χ1n) is 5.87. The van der Waals surface area contributed by atoms with Crippen LogP contribution in [0.2, 0.25) is 0 Å². The summed E-state index contributed by atoms with van der Waals surface area (Å²) in [5, 5.41) is 0.362. The van der Waals surface area contributed by atoms with Crippen LogP contribution in [0.1, 0.15) is 38.8 Å². The lowest BCUT2D eigenvalue weighted by Crippen LogP contribution is -1.99. The number of rotatable bonds is 3. The van der Waals surface area contributed by atoms with E-state index < -0.39 is 11.6 Å². The Kier molecular flexibility index (Phi) is 5.09. The Morgan fingerprint density at radius 1 is 1.22 bits per heavy atom. The fraction of sp³-hybridized carbons (Fsp3) is 0.333. The first-order chi connectivity index (χ1) is 8.38. The van der Waals surface area contributed by atoms with Gasteiger partial charge in [0.25, 0.3) is 0 Å². The number of hydrogen-bond acceptors (Lipinski definition) is 0. The third-order valence-electron chi connectivity index (χ3n) is 2.70. The molecular formula is C15H17ClF2. The van der Waals surface area contributed by atoms with Crippen molar-refractivity contribution in [1.29, 1.82) is 0 Å². The van der Waals surface area contributed by atoms with Crippen LogP contribution in [0, 0.1) is 11.6 Å². The number of allylic oxidation sites excluding steroid dienone is 4. The molecule has 1 rings (SSSR count). The topological polar surface area (TPSA) is 0 Å². The molecule has 0 nitrogen and oxygen atoms in total. The molecule has 0 heterocycles. The predicted octanol–water partition coefficient (Wildman–Crippen LogP) is 5.46. The second-order valence-corrected chi connectivity index (χ2v) is 4.85. The fourth-order valence-electron chi connectivity index (χ4n) is 1.69. The molecule has 0 radical (unpaired) electrons. The van der Waals surface area contributed by atoms with E-state index in [0.29, 0.717) is 22.6 Å². The van der Waals surface area contributed by atoms with Gasteiger partial charge in [-0.15, -0.1) is 0 Å². The molecule has 1 aromatic carbocycles. The minimum atomic E-state index is -0.581. The zero-order valence-corrected chi connectivity index (χ0v) is 11.8. The minimum absolute atomic E-state index is 0.0307. The maximum Gasteiger partial charge on any atom is 0.136 e. The third kappa shape index (κ3) is 3.20. The van der Waals surface area contributed by atoms with Gasteiger partial charge in [0.2, 0.25) is 0 Å². The molecule has 0 amide bonds. The number of benzene rings is 1. The second-order valence-electron chi connectivity index (χ2n) is 4.44. The van der Waals surface area contributed by atoms with Crippen LogP contribution < -0.4 is 0 Å². The highest BCUT2D eigenvalue weighted by atomic mass is 35.5. The SMILES string of the molecule is CCc1ccc(F)c(/C(C)=C(\Cl)C=C(C)C)c1F. The van der Waals surface area contributed by atoms with E-state index in [1.54, 1.807) is 13.0 Å². The van der Waals surface area contributed by atoms with Gasteiger partial charge >= 0.3 is 0 Å². The van der Waals surface area contributed by atoms with Crippen molar-refractivity contribution >= 4 is 17.2 Å². The number of aryl methyl sites for hydroxylation is 1. The van der Waals surface area contributed by atoms with E-state index in [4.69, 9.17) is 11.6 Å². The Morgan fingerprint density at radius 2 is 1.83 bits per heavy atom. The van der Waals surface area contributed by atoms with Gasteiger partial charge in [0.1, 0.15) is 11.6 Å². The van der Waals surface area contributed by atoms with Gasteiger partial charge in [-0.2, -0.15) is 0 Å². The largest absolute Gasteiger partial charge is 0.206 e. The van der Waals surface area contributed by atoms with Crippen LogP contribution in [0.4, 0.5) is 8.78 Å². The zero-order chi connectivity index (χ0) is 13.9. The lowest BCUT2D eigenvalue weighted by Gasteiger charge is -2.10. The summed E-state index contributed by atoms with van der Waals surface area (Å²) in [5.74, 6) is -1.10. The van der Waals surface area contributed by atoms with Crippen LogP contribution >= 0.6 is 11.6 Å². The Hall–Kier alpha value is -1.15. The fourth-order valence-corrected chi connectivity index (χ4v) is 2.01. The van der Waals surface area contributed by atoms with E-state index in [1.165, 1.54) is 12.1 Å². The molecule has 0 aliphatic carbocycles. The number of halogens is 3. The lowest BCUT2D eigenvalue weighted by molar-refractivity contribution is 0.567. The van der Waals surface area contributed by atoms with Gasteiger partial charge in [0.05, 0.1) is 5.56 Å². The molecule has 0 saturated carbocycles. The molecule has 0 spiro atoms. The Labute approximate surface area is 112 Å². The summed E-state index contributed by atoms with van der Waals surface area (Å²) >= 11 is 6.07. The number of hydrogen-bond donors (Lipinski definition) is 0. The molecule has 0 atom stereocenters. The smallest absolute Gasteiger partial charge is 0.136 e. The summed E-state index contributed by atoms with van der Waals surface area (Å²) in [4.78, 5) is 0. The van der Waals surface area contributed by atoms with E-state index in [2.05, 4.69) is 0 Å². The maximum atomic E-state index is 14.1. The van der Waals surface area contributed by atoms with Gasteiger partial charge in [0, 0.05) is 5.03 Å². The summed E-state index contributed by atoms with van der Waals surface area (Å²) in [5.41, 5.74) is 1.86. The van der Waals surface area contributed by atoms with Crippen LogP contribution in [0.25, 0.3) is 5.57 Å². The first-order valence-corrected chi connectivity index (χ1v) is 6.24. The molecular weight excluding hydrogens is 254 g/mol. The van der Waals surface area contributed by atoms with Crippen LogP contribution in [-0.2, 0) is 6.42 Å². The van der Waals surface area contributed by atoms with Crippen molar-refractivity contribution < 1.29 is 8.78 Å². The highest BCUT2D eigenvalue weighted by molar-refractivity contribution is 6.34. The predicted molar refractivity (Wildman–Crippen MR) is 73.6 cm³/mol. The molecule has 0 aliphatic heterocycles. The first kappa shape index (κ1) is 14.9. The molecule has 18 heavy (non-hydrogen) atoms. The van der Waals surface area contributed by atoms with Crippen molar-refractivity contribution in [2.24, 2.45) is 0 Å². The van der Waals surface area contributed by atoms with E-state index in [9.17, 15) is 8.78 Å². The van der Waals surface area contributed by atoms with Crippen LogP contribution in [0.3, 0.4) is 0 Å². The molecule has 0 aliphatic rings. The molecule has 0 aromatic heterocycles. The van der Waals surface area contributed by atoms with Crippen LogP contribution in [0.15, 0.2) is 28.8 Å². The van der Waals surface area contributed by atoms with E-state index in [-0.39, 0.29) is 5.56 Å². The molecule has 98 valence electrons. The van der Waals surface area contributed by atoms with Crippen molar-refractivity contribution in [2.45, 2.75) is 34.1 Å². The molecule has 0 unspecified atom stereocenters. The van der Waals surface area contributed by atoms with Crippen molar-refractivity contribution in [3.05, 3.63) is 51.6 Å². The highest BCUT2D eigenvalue weighted by Crippen LogP contribution is 2.29. The van der Waals surface area contributed by atoms with Crippen molar-refractivity contribution in [1.82, 2.24) is 0 Å². The van der Waals surface area contributed by atoms with E-state index in [0.717, 1.165) is 5.57 Å². The van der Waals surface area contributed by atoms with Gasteiger partial charge in [-0.3, -0.25) is 0 Å². The van der Waals surface area contributed by atoms with Crippen molar-refractivity contribution in [3.63, 3.8) is 0 Å². The van der Waals surface area contributed by atoms with Crippen molar-refractivity contribution in [2.75, 3.05) is 0 Å². The van der Waals surface area contributed by atoms with Gasteiger partial charge in [-0.1, -0.05) is 30.2 Å². The van der Waals surface area contributed by atoms with E-state index >= 15 is 0 Å². The molecule has 3 heteroatoms. The normalized spacial score (nSPS) is 12.2. The Bertz CT molecular complexity index is 509. The standard InChI is InChI=1S/C15H17ClF2/c1-5-11-6-7-13(17)14(15(11)18)10(4)12(16)8-9(2)3/h6-8H,5H2,1-4H3/b12-10-. The minimum Gasteiger partial charge on any atom is -0.206 e. The van der Waals surface area contributed by atoms with Gasteiger partial charge in [-0.05, 0) is 50.5 Å². The monoisotopic (exact) mass is 270 g/mol. The van der Waals surface area contributed by atoms with E-state index in [1.807, 2.05) is 20.8 Å². The van der Waals surface area contributed by atoms with Gasteiger partial charge < -0.3 is 0 Å². The molecule has 1 aromatic rings. The molecule has 0 saturated heterocycles. The summed E-state index contributed by atoms with van der Waals surface area (Å²) in [6.07, 6.45) is 2.22. The summed E-state index contributed by atoms with van der Waals surface area (Å²) in [7, 11) is 0. The third-order valence-corrected chi connectivity index (χ3v) is 3.09. The molecule has 0 fully saturated rings. The van der Waals surface area contributed by atoms with Crippen LogP contribution in [0.5, 0.6) is 0 Å². The van der Waals surface area contributed by atoms with Gasteiger partial charge in [0.15, 0.2) is 0 Å². The average molecular weight is 271 g/mol. The average Bonchev–Trinajstić information content (AvgIpc) is 2.28. The quantitative estimate of drug-likeness (QED) is 0.640. The zero-order valence-electron chi connectivity index (χ0n) is 11.1. The van der Waals surface area contributed by atoms with Crippen molar-refractivity contribution in [3.8, 4) is 0 Å². The maximum absolute atomic E-state index is 14.1. The van der Waals surface area contributed by atoms with Crippen LogP contribution in [-0.4, -0.2) is 0 Å². The highest BCUT2D eigenvalue weighted by Gasteiger charge is 2.15. The second kappa shape index (κ2) is 6.14. The molecule has 0 N–H and O–H groups in total. The summed E-state index contributed by atoms with van der Waals surface area (Å²) in [6, 6.07) is 2.75. The Balaban J connectivity index is 3.46. The summed E-state index contributed by atoms with van der Waals surface area (Å²) < 4.78 is 27.9.